The van der Waals surface area contributed by atoms with Crippen LogP contribution in [0.1, 0.15) is 11.5 Å². The number of hydrogen-bond donors (Lipinski definition) is 2. The van der Waals surface area contributed by atoms with Crippen LogP contribution < -0.4 is 10.0 Å². The first-order valence-electron chi connectivity index (χ1n) is 7.88. The third kappa shape index (κ3) is 5.02. The molecule has 1 aromatic carbocycles. The summed E-state index contributed by atoms with van der Waals surface area (Å²) in [6.45, 7) is 1.81. The van der Waals surface area contributed by atoms with Gasteiger partial charge >= 0.3 is 0 Å². The van der Waals surface area contributed by atoms with E-state index in [1.807, 2.05) is 6.92 Å². The number of nitrogens with one attached hydrogen (secondary N) is 2. The average molecular weight is 384 g/mol. The zero-order valence-electron chi connectivity index (χ0n) is 14.3. The summed E-state index contributed by atoms with van der Waals surface area (Å²) in [7, 11) is -3.82. The number of rotatable bonds is 6. The van der Waals surface area contributed by atoms with E-state index in [4.69, 9.17) is 4.42 Å². The Morgan fingerprint density at radius 1 is 1.07 bits per heavy atom. The van der Waals surface area contributed by atoms with Crippen molar-refractivity contribution in [2.75, 3.05) is 10.0 Å². The van der Waals surface area contributed by atoms with Gasteiger partial charge < -0.3 is 9.73 Å². The molecule has 0 unspecified atom stereocenters. The molecule has 8 nitrogen and oxygen atoms in total. The summed E-state index contributed by atoms with van der Waals surface area (Å²) in [5.74, 6) is 0.934. The first kappa shape index (κ1) is 18.3. The Hall–Kier alpha value is -3.46. The molecule has 3 rings (SSSR count). The van der Waals surface area contributed by atoms with E-state index in [1.165, 1.54) is 42.7 Å². The first-order chi connectivity index (χ1) is 12.9. The molecule has 0 aliphatic carbocycles. The maximum Gasteiger partial charge on any atom is 0.264 e. The predicted molar refractivity (Wildman–Crippen MR) is 100 cm³/mol. The van der Waals surface area contributed by atoms with Crippen LogP contribution in [0.2, 0.25) is 0 Å². The zero-order chi connectivity index (χ0) is 19.3. The fourth-order valence-corrected chi connectivity index (χ4v) is 3.09. The Balaban J connectivity index is 1.64. The van der Waals surface area contributed by atoms with E-state index in [2.05, 4.69) is 20.0 Å². The van der Waals surface area contributed by atoms with Gasteiger partial charge in [-0.2, -0.15) is 0 Å². The molecule has 9 heteroatoms. The highest BCUT2D eigenvalue weighted by Crippen LogP contribution is 2.16. The van der Waals surface area contributed by atoms with Crippen molar-refractivity contribution in [3.63, 3.8) is 0 Å². The molecular weight excluding hydrogens is 368 g/mol. The number of carbonyl (C=O) groups is 1. The molecule has 0 aliphatic rings. The van der Waals surface area contributed by atoms with Gasteiger partial charge in [0.25, 0.3) is 10.0 Å². The summed E-state index contributed by atoms with van der Waals surface area (Å²) in [5.41, 5.74) is 0.454. The summed E-state index contributed by atoms with van der Waals surface area (Å²) in [5, 5.41) is 2.64. The molecule has 3 aromatic rings. The number of hydrogen-bond acceptors (Lipinski definition) is 6. The van der Waals surface area contributed by atoms with Crippen LogP contribution in [0.4, 0.5) is 11.6 Å². The molecule has 1 amide bonds. The van der Waals surface area contributed by atoms with Crippen molar-refractivity contribution in [2.45, 2.75) is 11.8 Å². The van der Waals surface area contributed by atoms with Gasteiger partial charge in [-0.1, -0.05) is 0 Å². The third-order valence-electron chi connectivity index (χ3n) is 3.38. The Bertz CT molecular complexity index is 1060. The average Bonchev–Trinajstić information content (AvgIpc) is 3.06. The van der Waals surface area contributed by atoms with E-state index in [0.29, 0.717) is 11.4 Å². The highest BCUT2D eigenvalue weighted by Gasteiger charge is 2.15. The molecule has 0 saturated carbocycles. The Kier molecular flexibility index (Phi) is 5.32. The third-order valence-corrected chi connectivity index (χ3v) is 4.73. The van der Waals surface area contributed by atoms with Gasteiger partial charge in [0.1, 0.15) is 11.5 Å². The van der Waals surface area contributed by atoms with Crippen LogP contribution in [0.15, 0.2) is 70.2 Å². The summed E-state index contributed by atoms with van der Waals surface area (Å²) >= 11 is 0. The number of aromatic nitrogens is 2. The Morgan fingerprint density at radius 3 is 2.41 bits per heavy atom. The Morgan fingerprint density at radius 2 is 1.78 bits per heavy atom. The van der Waals surface area contributed by atoms with Gasteiger partial charge in [0, 0.05) is 24.2 Å². The van der Waals surface area contributed by atoms with Gasteiger partial charge in [-0.25, -0.2) is 23.1 Å². The lowest BCUT2D eigenvalue weighted by Crippen LogP contribution is -2.15. The molecule has 27 heavy (non-hydrogen) atoms. The molecule has 0 bridgehead atoms. The van der Waals surface area contributed by atoms with Gasteiger partial charge in [-0.05, 0) is 55.5 Å². The number of sulfonamides is 1. The number of amides is 1. The highest BCUT2D eigenvalue weighted by atomic mass is 32.2. The second-order valence-electron chi connectivity index (χ2n) is 5.47. The molecule has 2 heterocycles. The van der Waals surface area contributed by atoms with E-state index in [1.54, 1.807) is 24.3 Å². The number of carbonyl (C=O) groups excluding carboxylic acids is 1. The molecule has 0 atom stereocenters. The molecule has 0 saturated heterocycles. The van der Waals surface area contributed by atoms with Gasteiger partial charge in [-0.15, -0.1) is 0 Å². The minimum atomic E-state index is -3.82. The van der Waals surface area contributed by atoms with Gasteiger partial charge in [0.2, 0.25) is 11.9 Å². The van der Waals surface area contributed by atoms with E-state index < -0.39 is 10.0 Å². The van der Waals surface area contributed by atoms with E-state index in [-0.39, 0.29) is 16.8 Å². The lowest BCUT2D eigenvalue weighted by atomic mass is 10.3. The second kappa shape index (κ2) is 7.83. The fraction of sp³-hybridized carbons (Fsp3) is 0.0556. The first-order valence-corrected chi connectivity index (χ1v) is 9.36. The molecule has 0 fully saturated rings. The quantitative estimate of drug-likeness (QED) is 0.632. The molecule has 0 spiro atoms. The van der Waals surface area contributed by atoms with Crippen molar-refractivity contribution >= 4 is 33.6 Å². The summed E-state index contributed by atoms with van der Waals surface area (Å²) in [4.78, 5) is 19.6. The van der Waals surface area contributed by atoms with E-state index >= 15 is 0 Å². The monoisotopic (exact) mass is 384 g/mol. The van der Waals surface area contributed by atoms with Crippen molar-refractivity contribution in [2.24, 2.45) is 0 Å². The molecule has 0 aliphatic heterocycles. The molecule has 2 N–H and O–H groups in total. The van der Waals surface area contributed by atoms with Crippen molar-refractivity contribution in [1.82, 2.24) is 9.97 Å². The van der Waals surface area contributed by atoms with Gasteiger partial charge in [0.15, 0.2) is 0 Å². The Labute approximate surface area is 156 Å². The standard InChI is InChI=1S/C18H16N4O4S/c1-13-3-6-15(26-13)7-10-17(23)21-14-4-8-16(9-5-14)27(24,25)22-18-19-11-2-12-20-18/h2-12H,1H3,(H,21,23)(H,19,20,22)/b10-7-. The highest BCUT2D eigenvalue weighted by molar-refractivity contribution is 7.92. The van der Waals surface area contributed by atoms with Crippen molar-refractivity contribution in [3.05, 3.63) is 72.5 Å². The SMILES string of the molecule is Cc1ccc(/C=C\C(=O)Nc2ccc(S(=O)(=O)Nc3ncccn3)cc2)o1. The number of furan rings is 1. The van der Waals surface area contributed by atoms with Crippen LogP contribution in [0, 0.1) is 6.92 Å². The number of nitrogens with zero attached hydrogens (tertiary/aromatic N) is 2. The second-order valence-corrected chi connectivity index (χ2v) is 7.16. The van der Waals surface area contributed by atoms with Crippen molar-refractivity contribution < 1.29 is 17.6 Å². The minimum Gasteiger partial charge on any atom is -0.462 e. The van der Waals surface area contributed by atoms with Gasteiger partial charge in [-0.3, -0.25) is 4.79 Å². The van der Waals surface area contributed by atoms with Crippen LogP contribution in [0.3, 0.4) is 0 Å². The fourth-order valence-electron chi connectivity index (χ4n) is 2.13. The van der Waals surface area contributed by atoms with Crippen LogP contribution in [0.25, 0.3) is 6.08 Å². The lowest BCUT2D eigenvalue weighted by Gasteiger charge is -2.07. The van der Waals surface area contributed by atoms with Gasteiger partial charge in [0.05, 0.1) is 4.90 Å². The largest absolute Gasteiger partial charge is 0.462 e. The summed E-state index contributed by atoms with van der Waals surface area (Å²) < 4.78 is 32.2. The molecule has 2 aromatic heterocycles. The molecule has 0 radical (unpaired) electrons. The number of aryl methyl sites for hydroxylation is 1. The van der Waals surface area contributed by atoms with Crippen LogP contribution >= 0.6 is 0 Å². The lowest BCUT2D eigenvalue weighted by molar-refractivity contribution is -0.111. The van der Waals surface area contributed by atoms with E-state index in [9.17, 15) is 13.2 Å². The summed E-state index contributed by atoms with van der Waals surface area (Å²) in [6.07, 6.45) is 5.74. The predicted octanol–water partition coefficient (Wildman–Crippen LogP) is 2.83. The normalized spacial score (nSPS) is 11.4. The summed E-state index contributed by atoms with van der Waals surface area (Å²) in [6, 6.07) is 10.9. The maximum atomic E-state index is 12.3. The minimum absolute atomic E-state index is 0.0202. The zero-order valence-corrected chi connectivity index (χ0v) is 15.1. The van der Waals surface area contributed by atoms with Crippen LogP contribution in [-0.2, 0) is 14.8 Å². The smallest absolute Gasteiger partial charge is 0.264 e. The topological polar surface area (TPSA) is 114 Å². The molecule has 138 valence electrons. The number of benzene rings is 1. The van der Waals surface area contributed by atoms with Crippen molar-refractivity contribution in [1.29, 1.82) is 0 Å². The van der Waals surface area contributed by atoms with Crippen LogP contribution in [-0.4, -0.2) is 24.3 Å². The van der Waals surface area contributed by atoms with E-state index in [0.717, 1.165) is 5.76 Å². The van der Waals surface area contributed by atoms with Crippen molar-refractivity contribution in [3.8, 4) is 0 Å². The van der Waals surface area contributed by atoms with Crippen LogP contribution in [0.5, 0.6) is 0 Å². The maximum absolute atomic E-state index is 12.3. The molecular formula is C18H16N4O4S. The number of anilines is 2.